The Hall–Kier alpha value is -3.85. The van der Waals surface area contributed by atoms with E-state index in [1.54, 1.807) is 18.2 Å². The van der Waals surface area contributed by atoms with E-state index in [4.69, 9.17) is 9.47 Å². The SMILES string of the molecule is CCCCCCCCCCCCOc1ccc(C#CC(=O)OC2(C(=O)O)C=CC(c3ccccc3)C=C2)cc1F. The predicted molar refractivity (Wildman–Crippen MR) is 155 cm³/mol. The van der Waals surface area contributed by atoms with Gasteiger partial charge in [-0.25, -0.2) is 14.0 Å². The van der Waals surface area contributed by atoms with Crippen molar-refractivity contribution in [3.63, 3.8) is 0 Å². The standard InChI is InChI=1S/C34H39FO5/c1-2-3-4-5-6-7-8-9-10-14-25-39-31-19-17-27(26-30(31)35)18-20-32(36)40-34(33(37)38)23-21-29(22-24-34)28-15-12-11-13-16-28/h11-13,15-17,19,21-24,26,29H,2-10,14,25H2,1H3,(H,37,38). The van der Waals surface area contributed by atoms with Gasteiger partial charge < -0.3 is 14.6 Å². The van der Waals surface area contributed by atoms with Gasteiger partial charge in [0.2, 0.25) is 5.60 Å². The van der Waals surface area contributed by atoms with Crippen LogP contribution in [0.4, 0.5) is 4.39 Å². The molecule has 0 bridgehead atoms. The highest BCUT2D eigenvalue weighted by Gasteiger charge is 2.39. The molecule has 6 heteroatoms. The van der Waals surface area contributed by atoms with Crippen molar-refractivity contribution >= 4 is 11.9 Å². The summed E-state index contributed by atoms with van der Waals surface area (Å²) in [5.41, 5.74) is -0.712. The van der Waals surface area contributed by atoms with E-state index in [2.05, 4.69) is 18.8 Å². The van der Waals surface area contributed by atoms with E-state index >= 15 is 0 Å². The minimum absolute atomic E-state index is 0.132. The number of rotatable bonds is 15. The van der Waals surface area contributed by atoms with Gasteiger partial charge in [0.05, 0.1) is 6.61 Å². The third-order valence-corrected chi connectivity index (χ3v) is 6.88. The van der Waals surface area contributed by atoms with Gasteiger partial charge in [0.1, 0.15) is 0 Å². The third kappa shape index (κ3) is 9.72. The molecule has 3 rings (SSSR count). The lowest BCUT2D eigenvalue weighted by Crippen LogP contribution is -2.40. The Balaban J connectivity index is 1.44. The zero-order valence-corrected chi connectivity index (χ0v) is 23.2. The summed E-state index contributed by atoms with van der Waals surface area (Å²) in [6.07, 6.45) is 18.2. The first kappa shape index (κ1) is 30.7. The number of hydrogen-bond donors (Lipinski definition) is 1. The van der Waals surface area contributed by atoms with Crippen LogP contribution in [0.5, 0.6) is 5.75 Å². The maximum absolute atomic E-state index is 14.5. The summed E-state index contributed by atoms with van der Waals surface area (Å²) in [4.78, 5) is 24.3. The number of esters is 1. The van der Waals surface area contributed by atoms with Gasteiger partial charge in [-0.15, -0.1) is 0 Å². The van der Waals surface area contributed by atoms with E-state index in [-0.39, 0.29) is 17.2 Å². The molecule has 0 saturated carbocycles. The molecule has 0 fully saturated rings. The quantitative estimate of drug-likeness (QED) is 0.107. The summed E-state index contributed by atoms with van der Waals surface area (Å²) in [6.45, 7) is 2.66. The van der Waals surface area contributed by atoms with Crippen molar-refractivity contribution in [3.05, 3.63) is 89.8 Å². The van der Waals surface area contributed by atoms with Crippen molar-refractivity contribution in [2.24, 2.45) is 0 Å². The second-order valence-corrected chi connectivity index (χ2v) is 10.1. The number of halogens is 1. The van der Waals surface area contributed by atoms with Crippen molar-refractivity contribution < 1.29 is 28.6 Å². The Morgan fingerprint density at radius 1 is 0.900 bits per heavy atom. The van der Waals surface area contributed by atoms with Crippen LogP contribution in [0.2, 0.25) is 0 Å². The number of carboxylic acid groups (broad SMARTS) is 1. The van der Waals surface area contributed by atoms with Gasteiger partial charge in [0.15, 0.2) is 11.6 Å². The van der Waals surface area contributed by atoms with Crippen LogP contribution in [0.1, 0.15) is 88.2 Å². The molecule has 0 atom stereocenters. The number of ether oxygens (including phenoxy) is 2. The summed E-state index contributed by atoms with van der Waals surface area (Å²) in [5, 5.41) is 9.73. The smallest absolute Gasteiger partial charge is 0.386 e. The topological polar surface area (TPSA) is 72.8 Å². The first-order valence-corrected chi connectivity index (χ1v) is 14.3. The van der Waals surface area contributed by atoms with Crippen LogP contribution in [-0.2, 0) is 14.3 Å². The average Bonchev–Trinajstić information content (AvgIpc) is 2.96. The molecule has 0 saturated heterocycles. The minimum atomic E-state index is -1.95. The number of carboxylic acids is 1. The van der Waals surface area contributed by atoms with Gasteiger partial charge in [-0.1, -0.05) is 113 Å². The number of hydrogen-bond acceptors (Lipinski definition) is 4. The molecular formula is C34H39FO5. The maximum Gasteiger partial charge on any atom is 0.386 e. The highest BCUT2D eigenvalue weighted by molar-refractivity contribution is 5.94. The number of allylic oxidation sites excluding steroid dienone is 2. The molecule has 1 aliphatic carbocycles. The Bertz CT molecular complexity index is 1210. The van der Waals surface area contributed by atoms with Crippen molar-refractivity contribution in [3.8, 4) is 17.6 Å². The Morgan fingerprint density at radius 3 is 2.12 bits per heavy atom. The van der Waals surface area contributed by atoms with Gasteiger partial charge >= 0.3 is 11.9 Å². The molecule has 1 aliphatic rings. The van der Waals surface area contributed by atoms with E-state index < -0.39 is 23.4 Å². The highest BCUT2D eigenvalue weighted by Crippen LogP contribution is 2.29. The van der Waals surface area contributed by atoms with E-state index in [9.17, 15) is 19.1 Å². The van der Waals surface area contributed by atoms with E-state index in [0.717, 1.165) is 24.8 Å². The van der Waals surface area contributed by atoms with Gasteiger partial charge in [-0.05, 0) is 42.3 Å². The first-order chi connectivity index (χ1) is 19.4. The van der Waals surface area contributed by atoms with Crippen molar-refractivity contribution in [2.75, 3.05) is 6.61 Å². The molecule has 2 aromatic carbocycles. The number of benzene rings is 2. The van der Waals surface area contributed by atoms with Crippen molar-refractivity contribution in [2.45, 2.75) is 82.7 Å². The summed E-state index contributed by atoms with van der Waals surface area (Å²) in [6, 6.07) is 13.8. The summed E-state index contributed by atoms with van der Waals surface area (Å²) < 4.78 is 25.3. The average molecular weight is 547 g/mol. The van der Waals surface area contributed by atoms with Gasteiger partial charge in [-0.3, -0.25) is 0 Å². The van der Waals surface area contributed by atoms with Crippen LogP contribution in [0.3, 0.4) is 0 Å². The monoisotopic (exact) mass is 546 g/mol. The lowest BCUT2D eigenvalue weighted by Gasteiger charge is -2.26. The number of aliphatic carboxylic acids is 1. The van der Waals surface area contributed by atoms with E-state index in [1.807, 2.05) is 30.3 Å². The predicted octanol–water partition coefficient (Wildman–Crippen LogP) is 7.75. The number of unbranched alkanes of at least 4 members (excludes halogenated alkanes) is 9. The highest BCUT2D eigenvalue weighted by atomic mass is 19.1. The largest absolute Gasteiger partial charge is 0.491 e. The van der Waals surface area contributed by atoms with Gasteiger partial charge in [0.25, 0.3) is 0 Å². The molecule has 0 unspecified atom stereocenters. The molecule has 1 N–H and O–H groups in total. The van der Waals surface area contributed by atoms with Crippen LogP contribution < -0.4 is 4.74 Å². The van der Waals surface area contributed by atoms with Gasteiger partial charge in [-0.2, -0.15) is 0 Å². The number of carbonyl (C=O) groups excluding carboxylic acids is 1. The molecular weight excluding hydrogens is 507 g/mol. The van der Waals surface area contributed by atoms with Crippen LogP contribution in [-0.4, -0.2) is 29.3 Å². The molecule has 40 heavy (non-hydrogen) atoms. The first-order valence-electron chi connectivity index (χ1n) is 14.3. The Labute approximate surface area is 237 Å². The van der Waals surface area contributed by atoms with Crippen LogP contribution >= 0.6 is 0 Å². The fraction of sp³-hybridized carbons (Fsp3) is 0.412. The molecule has 0 spiro atoms. The van der Waals surface area contributed by atoms with E-state index in [1.165, 1.54) is 69.2 Å². The normalized spacial score (nSPS) is 17.6. The minimum Gasteiger partial charge on any atom is -0.491 e. The molecule has 212 valence electrons. The maximum atomic E-state index is 14.5. The molecule has 0 aromatic heterocycles. The lowest BCUT2D eigenvalue weighted by atomic mass is 9.88. The van der Waals surface area contributed by atoms with Gasteiger partial charge in [0, 0.05) is 17.4 Å². The van der Waals surface area contributed by atoms with Crippen molar-refractivity contribution in [1.29, 1.82) is 0 Å². The van der Waals surface area contributed by atoms with Crippen molar-refractivity contribution in [1.82, 2.24) is 0 Å². The molecule has 0 heterocycles. The molecule has 0 amide bonds. The van der Waals surface area contributed by atoms with E-state index in [0.29, 0.717) is 6.61 Å². The Morgan fingerprint density at radius 2 is 1.52 bits per heavy atom. The fourth-order valence-electron chi connectivity index (χ4n) is 4.53. The molecule has 2 aromatic rings. The summed E-state index contributed by atoms with van der Waals surface area (Å²) in [7, 11) is 0. The number of carbonyl (C=O) groups is 2. The lowest BCUT2D eigenvalue weighted by molar-refractivity contribution is -0.164. The van der Waals surface area contributed by atoms with Crippen LogP contribution in [0.25, 0.3) is 0 Å². The fourth-order valence-corrected chi connectivity index (χ4v) is 4.53. The second kappa shape index (κ2) is 16.3. The zero-order chi connectivity index (χ0) is 28.6. The molecule has 0 aliphatic heterocycles. The molecule has 5 nitrogen and oxygen atoms in total. The van der Waals surface area contributed by atoms with Crippen LogP contribution in [0.15, 0.2) is 72.8 Å². The summed E-state index contributed by atoms with van der Waals surface area (Å²) >= 11 is 0. The second-order valence-electron chi connectivity index (χ2n) is 10.1. The zero-order valence-electron chi connectivity index (χ0n) is 23.2. The summed E-state index contributed by atoms with van der Waals surface area (Å²) in [5.74, 6) is 1.87. The Kier molecular flexibility index (Phi) is 12.5. The molecule has 0 radical (unpaired) electrons. The third-order valence-electron chi connectivity index (χ3n) is 6.88. The van der Waals surface area contributed by atoms with Crippen LogP contribution in [0, 0.1) is 17.7 Å².